The Morgan fingerprint density at radius 1 is 1.14 bits per heavy atom. The van der Waals surface area contributed by atoms with Gasteiger partial charge < -0.3 is 20.1 Å². The van der Waals surface area contributed by atoms with E-state index < -0.39 is 0 Å². The maximum atomic E-state index is 5.59. The van der Waals surface area contributed by atoms with E-state index in [9.17, 15) is 0 Å². The normalized spacial score (nSPS) is 15.0. The highest BCUT2D eigenvalue weighted by molar-refractivity contribution is 14.0. The molecule has 0 atom stereocenters. The molecule has 0 aromatic carbocycles. The van der Waals surface area contributed by atoms with Gasteiger partial charge >= 0.3 is 0 Å². The molecule has 0 radical (unpaired) electrons. The average molecular weight is 413 g/mol. The molecule has 0 spiro atoms. The first-order valence-corrected chi connectivity index (χ1v) is 7.86. The number of hydrogen-bond donors (Lipinski definition) is 2. The molecule has 0 heterocycles. The summed E-state index contributed by atoms with van der Waals surface area (Å²) in [7, 11) is 1.80. The minimum absolute atomic E-state index is 0. The molecule has 1 fully saturated rings. The Bertz CT molecular complexity index is 272. The second kappa shape index (κ2) is 13.6. The predicted molar refractivity (Wildman–Crippen MR) is 98.6 cm³/mol. The Balaban J connectivity index is 0.00000400. The summed E-state index contributed by atoms with van der Waals surface area (Å²) in [5, 5.41) is 6.57. The van der Waals surface area contributed by atoms with Gasteiger partial charge in [-0.3, -0.25) is 4.99 Å². The number of nitrogens with one attached hydrogen (secondary N) is 2. The molecule has 1 aliphatic carbocycles. The van der Waals surface area contributed by atoms with E-state index in [4.69, 9.17) is 9.47 Å². The van der Waals surface area contributed by atoms with Crippen LogP contribution in [0.25, 0.3) is 0 Å². The summed E-state index contributed by atoms with van der Waals surface area (Å²) >= 11 is 0. The van der Waals surface area contributed by atoms with Crippen LogP contribution in [-0.4, -0.2) is 52.0 Å². The van der Waals surface area contributed by atoms with E-state index in [1.807, 2.05) is 0 Å². The molecule has 21 heavy (non-hydrogen) atoms. The van der Waals surface area contributed by atoms with E-state index in [1.54, 1.807) is 7.05 Å². The van der Waals surface area contributed by atoms with Crippen molar-refractivity contribution < 1.29 is 9.47 Å². The highest BCUT2D eigenvalue weighted by atomic mass is 127. The van der Waals surface area contributed by atoms with E-state index >= 15 is 0 Å². The van der Waals surface area contributed by atoms with Crippen LogP contribution in [0.1, 0.15) is 39.5 Å². The number of ether oxygens (including phenoxy) is 2. The number of halogens is 1. The van der Waals surface area contributed by atoms with Crippen LogP contribution in [0.5, 0.6) is 0 Å². The first kappa shape index (κ1) is 20.9. The molecule has 1 saturated carbocycles. The summed E-state index contributed by atoms with van der Waals surface area (Å²) in [6.45, 7) is 8.46. The Labute approximate surface area is 146 Å². The van der Waals surface area contributed by atoms with Crippen molar-refractivity contribution in [2.45, 2.75) is 45.6 Å². The maximum absolute atomic E-state index is 5.59. The van der Waals surface area contributed by atoms with Gasteiger partial charge in [0.1, 0.15) is 0 Å². The molecule has 2 N–H and O–H groups in total. The molecular formula is C15H32IN3O2. The molecule has 1 aliphatic rings. The van der Waals surface area contributed by atoms with Crippen LogP contribution in [0, 0.1) is 5.92 Å². The molecule has 0 aromatic heterocycles. The van der Waals surface area contributed by atoms with Gasteiger partial charge in [0, 0.05) is 40.0 Å². The van der Waals surface area contributed by atoms with Crippen molar-refractivity contribution in [2.24, 2.45) is 10.9 Å². The van der Waals surface area contributed by atoms with Gasteiger partial charge in [0.15, 0.2) is 5.96 Å². The van der Waals surface area contributed by atoms with Gasteiger partial charge in [-0.1, -0.05) is 0 Å². The number of rotatable bonds is 11. The average Bonchev–Trinajstić information content (AvgIpc) is 3.23. The molecule has 5 nitrogen and oxygen atoms in total. The summed E-state index contributed by atoms with van der Waals surface area (Å²) in [6.07, 6.45) is 5.03. The fourth-order valence-electron chi connectivity index (χ4n) is 1.73. The van der Waals surface area contributed by atoms with Crippen molar-refractivity contribution in [1.82, 2.24) is 10.6 Å². The molecule has 6 heteroatoms. The Kier molecular flexibility index (Phi) is 13.5. The molecule has 126 valence electrons. The number of nitrogens with zero attached hydrogens (tertiary/aromatic N) is 1. The van der Waals surface area contributed by atoms with E-state index in [1.165, 1.54) is 12.8 Å². The smallest absolute Gasteiger partial charge is 0.190 e. The Morgan fingerprint density at radius 3 is 2.29 bits per heavy atom. The van der Waals surface area contributed by atoms with Gasteiger partial charge in [-0.15, -0.1) is 24.0 Å². The number of guanidine groups is 1. The quantitative estimate of drug-likeness (QED) is 0.237. The van der Waals surface area contributed by atoms with Crippen molar-refractivity contribution in [2.75, 3.05) is 40.0 Å². The second-order valence-corrected chi connectivity index (χ2v) is 5.57. The second-order valence-electron chi connectivity index (χ2n) is 5.57. The van der Waals surface area contributed by atoms with E-state index in [-0.39, 0.29) is 24.0 Å². The molecule has 0 unspecified atom stereocenters. The lowest BCUT2D eigenvalue weighted by Gasteiger charge is -2.12. The zero-order chi connectivity index (χ0) is 14.6. The Hall–Kier alpha value is -0.0800. The molecule has 0 aromatic rings. The van der Waals surface area contributed by atoms with E-state index in [0.717, 1.165) is 57.6 Å². The standard InChI is InChI=1S/C15H31N3O2.HI/c1-13(2)20-11-5-9-18-15(16-3)17-8-4-10-19-12-14-6-7-14;/h13-14H,4-12H2,1-3H3,(H2,16,17,18);1H. The summed E-state index contributed by atoms with van der Waals surface area (Å²) in [4.78, 5) is 4.19. The van der Waals surface area contributed by atoms with E-state index in [2.05, 4.69) is 29.5 Å². The molecule has 1 rings (SSSR count). The fraction of sp³-hybridized carbons (Fsp3) is 0.933. The zero-order valence-corrected chi connectivity index (χ0v) is 16.0. The third-order valence-electron chi connectivity index (χ3n) is 3.10. The van der Waals surface area contributed by atoms with Crippen LogP contribution in [0.2, 0.25) is 0 Å². The molecular weight excluding hydrogens is 381 g/mol. The summed E-state index contributed by atoms with van der Waals surface area (Å²) in [6, 6.07) is 0. The van der Waals surface area contributed by atoms with Gasteiger partial charge in [0.05, 0.1) is 6.10 Å². The van der Waals surface area contributed by atoms with Gasteiger partial charge in [-0.2, -0.15) is 0 Å². The largest absolute Gasteiger partial charge is 0.381 e. The lowest BCUT2D eigenvalue weighted by molar-refractivity contribution is 0.0776. The number of aliphatic imine (C=N–C) groups is 1. The first-order chi connectivity index (χ1) is 9.72. The third-order valence-corrected chi connectivity index (χ3v) is 3.10. The van der Waals surface area contributed by atoms with Crippen LogP contribution >= 0.6 is 24.0 Å². The zero-order valence-electron chi connectivity index (χ0n) is 13.7. The first-order valence-electron chi connectivity index (χ1n) is 7.86. The molecule has 0 bridgehead atoms. The lowest BCUT2D eigenvalue weighted by Crippen LogP contribution is -2.38. The molecule has 0 aliphatic heterocycles. The third kappa shape index (κ3) is 13.3. The van der Waals surface area contributed by atoms with Gasteiger partial charge in [0.25, 0.3) is 0 Å². The van der Waals surface area contributed by atoms with Gasteiger partial charge in [-0.05, 0) is 45.4 Å². The number of hydrogen-bond acceptors (Lipinski definition) is 3. The van der Waals surface area contributed by atoms with Crippen LogP contribution in [-0.2, 0) is 9.47 Å². The van der Waals surface area contributed by atoms with Crippen molar-refractivity contribution in [1.29, 1.82) is 0 Å². The van der Waals surface area contributed by atoms with Crippen molar-refractivity contribution >= 4 is 29.9 Å². The highest BCUT2D eigenvalue weighted by Gasteiger charge is 2.20. The topological polar surface area (TPSA) is 54.9 Å². The molecule has 0 amide bonds. The fourth-order valence-corrected chi connectivity index (χ4v) is 1.73. The summed E-state index contributed by atoms with van der Waals surface area (Å²) in [5.41, 5.74) is 0. The minimum Gasteiger partial charge on any atom is -0.381 e. The SMILES string of the molecule is CN=C(NCCCOCC1CC1)NCCCOC(C)C.I. The monoisotopic (exact) mass is 413 g/mol. The molecule has 0 saturated heterocycles. The van der Waals surface area contributed by atoms with Gasteiger partial charge in [0.2, 0.25) is 0 Å². The van der Waals surface area contributed by atoms with Crippen LogP contribution in [0.15, 0.2) is 4.99 Å². The summed E-state index contributed by atoms with van der Waals surface area (Å²) in [5.74, 6) is 1.71. The maximum Gasteiger partial charge on any atom is 0.190 e. The predicted octanol–water partition coefficient (Wildman–Crippen LogP) is 2.40. The van der Waals surface area contributed by atoms with Crippen molar-refractivity contribution in [3.8, 4) is 0 Å². The van der Waals surface area contributed by atoms with Crippen LogP contribution in [0.3, 0.4) is 0 Å². The lowest BCUT2D eigenvalue weighted by atomic mass is 10.4. The van der Waals surface area contributed by atoms with E-state index in [0.29, 0.717) is 6.10 Å². The Morgan fingerprint density at radius 2 is 1.76 bits per heavy atom. The minimum atomic E-state index is 0. The van der Waals surface area contributed by atoms with Crippen molar-refractivity contribution in [3.05, 3.63) is 0 Å². The highest BCUT2D eigenvalue weighted by Crippen LogP contribution is 2.28. The van der Waals surface area contributed by atoms with Gasteiger partial charge in [-0.25, -0.2) is 0 Å². The van der Waals surface area contributed by atoms with Crippen LogP contribution in [0.4, 0.5) is 0 Å². The van der Waals surface area contributed by atoms with Crippen LogP contribution < -0.4 is 10.6 Å². The summed E-state index contributed by atoms with van der Waals surface area (Å²) < 4.78 is 11.1. The van der Waals surface area contributed by atoms with Crippen molar-refractivity contribution in [3.63, 3.8) is 0 Å².